The van der Waals surface area contributed by atoms with Gasteiger partial charge in [-0.15, -0.1) is 0 Å². The predicted molar refractivity (Wildman–Crippen MR) is 151 cm³/mol. The first-order valence-electron chi connectivity index (χ1n) is 13.2. The molecule has 10 heteroatoms. The van der Waals surface area contributed by atoms with Crippen LogP contribution in [0.15, 0.2) is 82.1 Å². The molecule has 0 radical (unpaired) electrons. The maximum absolute atomic E-state index is 14.1. The van der Waals surface area contributed by atoms with E-state index in [9.17, 15) is 9.59 Å². The standard InChI is InChI=1S/C31H24N2O7S/c1-2-36-30(35)26-27(19-6-4-3-5-7-19)32-31-33(28(26)20-9-11-22-24(16-20)40-17-39-22)29(34)25(41-31)15-18-8-10-21-23(14-18)38-13-12-37-21/h3-11,14-16,28H,2,12-13,17H2,1H3/b25-15-/t28-/m1/s1. The van der Waals surface area contributed by atoms with E-state index < -0.39 is 12.0 Å². The minimum absolute atomic E-state index is 0.104. The summed E-state index contributed by atoms with van der Waals surface area (Å²) in [5, 5.41) is 0. The molecule has 3 aromatic carbocycles. The lowest BCUT2D eigenvalue weighted by atomic mass is 9.93. The molecule has 41 heavy (non-hydrogen) atoms. The number of aromatic nitrogens is 1. The summed E-state index contributed by atoms with van der Waals surface area (Å²) in [6.07, 6.45) is 1.80. The lowest BCUT2D eigenvalue weighted by Gasteiger charge is -2.26. The Labute approximate surface area is 238 Å². The van der Waals surface area contributed by atoms with Crippen LogP contribution < -0.4 is 33.8 Å². The number of carbonyl (C=O) groups excluding carboxylic acids is 1. The van der Waals surface area contributed by atoms with Crippen molar-refractivity contribution in [3.8, 4) is 23.0 Å². The minimum atomic E-state index is -0.808. The summed E-state index contributed by atoms with van der Waals surface area (Å²) in [6, 6.07) is 19.6. The molecule has 0 bridgehead atoms. The van der Waals surface area contributed by atoms with Gasteiger partial charge in [0.2, 0.25) is 6.79 Å². The predicted octanol–water partition coefficient (Wildman–Crippen LogP) is 3.44. The summed E-state index contributed by atoms with van der Waals surface area (Å²) in [5.41, 5.74) is 2.65. The second-order valence-electron chi connectivity index (χ2n) is 9.45. The number of rotatable bonds is 5. The third kappa shape index (κ3) is 4.46. The summed E-state index contributed by atoms with van der Waals surface area (Å²) >= 11 is 1.26. The summed E-state index contributed by atoms with van der Waals surface area (Å²) < 4.78 is 30.1. The Morgan fingerprint density at radius 1 is 0.976 bits per heavy atom. The number of hydrogen-bond donors (Lipinski definition) is 0. The molecule has 0 aliphatic carbocycles. The van der Waals surface area contributed by atoms with Gasteiger partial charge in [0.15, 0.2) is 27.8 Å². The molecule has 3 aliphatic rings. The Balaban J connectivity index is 1.47. The highest BCUT2D eigenvalue weighted by Crippen LogP contribution is 2.40. The number of carbonyl (C=O) groups is 1. The van der Waals surface area contributed by atoms with Gasteiger partial charge in [-0.2, -0.15) is 0 Å². The summed E-state index contributed by atoms with van der Waals surface area (Å²) in [7, 11) is 0. The molecule has 1 atom stereocenters. The topological polar surface area (TPSA) is 97.6 Å². The van der Waals surface area contributed by atoms with Crippen LogP contribution in [0.1, 0.15) is 29.7 Å². The number of fused-ring (bicyclic) bond motifs is 3. The monoisotopic (exact) mass is 568 g/mol. The van der Waals surface area contributed by atoms with Gasteiger partial charge in [-0.1, -0.05) is 53.8 Å². The van der Waals surface area contributed by atoms with Crippen LogP contribution in [0, 0.1) is 0 Å². The first-order valence-corrected chi connectivity index (χ1v) is 14.0. The van der Waals surface area contributed by atoms with Crippen LogP contribution in [0.3, 0.4) is 0 Å². The van der Waals surface area contributed by atoms with E-state index in [1.807, 2.05) is 54.6 Å². The van der Waals surface area contributed by atoms with Crippen LogP contribution in [-0.2, 0) is 9.53 Å². The molecule has 0 spiro atoms. The van der Waals surface area contributed by atoms with Crippen molar-refractivity contribution in [1.29, 1.82) is 0 Å². The van der Waals surface area contributed by atoms with E-state index in [0.29, 0.717) is 56.8 Å². The van der Waals surface area contributed by atoms with Crippen LogP contribution in [0.4, 0.5) is 0 Å². The minimum Gasteiger partial charge on any atom is -0.486 e. The Bertz CT molecular complexity index is 1890. The molecule has 1 aromatic heterocycles. The van der Waals surface area contributed by atoms with E-state index in [0.717, 1.165) is 11.1 Å². The van der Waals surface area contributed by atoms with Crippen molar-refractivity contribution in [2.24, 2.45) is 4.99 Å². The highest BCUT2D eigenvalue weighted by molar-refractivity contribution is 7.07. The Hall–Kier alpha value is -4.83. The molecule has 4 aromatic rings. The number of hydrogen-bond acceptors (Lipinski definition) is 9. The zero-order chi connectivity index (χ0) is 27.9. The highest BCUT2D eigenvalue weighted by Gasteiger charge is 2.36. The average Bonchev–Trinajstić information content (AvgIpc) is 3.60. The number of thiazole rings is 1. The Morgan fingerprint density at radius 2 is 1.71 bits per heavy atom. The summed E-state index contributed by atoms with van der Waals surface area (Å²) in [5.74, 6) is 1.90. The van der Waals surface area contributed by atoms with Gasteiger partial charge in [-0.3, -0.25) is 9.36 Å². The fourth-order valence-corrected chi connectivity index (χ4v) is 6.14. The fourth-order valence-electron chi connectivity index (χ4n) is 5.14. The Kier molecular flexibility index (Phi) is 6.31. The fraction of sp³-hybridized carbons (Fsp3) is 0.194. The zero-order valence-electron chi connectivity index (χ0n) is 22.0. The number of esters is 1. The molecule has 4 heterocycles. The molecule has 0 amide bonds. The van der Waals surface area contributed by atoms with Crippen LogP contribution in [-0.4, -0.2) is 37.1 Å². The Morgan fingerprint density at radius 3 is 2.54 bits per heavy atom. The molecule has 9 nitrogen and oxygen atoms in total. The maximum atomic E-state index is 14.1. The van der Waals surface area contributed by atoms with Gasteiger partial charge in [-0.05, 0) is 48.4 Å². The quantitative estimate of drug-likeness (QED) is 0.340. The second kappa shape index (κ2) is 10.3. The number of ether oxygens (including phenoxy) is 5. The summed E-state index contributed by atoms with van der Waals surface area (Å²) in [4.78, 5) is 33.0. The van der Waals surface area contributed by atoms with Crippen molar-refractivity contribution in [3.63, 3.8) is 0 Å². The largest absolute Gasteiger partial charge is 0.486 e. The van der Waals surface area contributed by atoms with Crippen molar-refractivity contribution in [2.75, 3.05) is 26.6 Å². The van der Waals surface area contributed by atoms with Gasteiger partial charge in [0.25, 0.3) is 5.56 Å². The molecule has 0 fully saturated rings. The first kappa shape index (κ1) is 25.2. The number of nitrogens with zero attached hydrogens (tertiary/aromatic N) is 2. The van der Waals surface area contributed by atoms with Gasteiger partial charge in [0, 0.05) is 5.56 Å². The van der Waals surface area contributed by atoms with Gasteiger partial charge >= 0.3 is 5.97 Å². The molecule has 3 aliphatic heterocycles. The van der Waals surface area contributed by atoms with E-state index >= 15 is 0 Å². The highest BCUT2D eigenvalue weighted by atomic mass is 32.1. The lowest BCUT2D eigenvalue weighted by Crippen LogP contribution is -2.40. The molecule has 0 unspecified atom stereocenters. The zero-order valence-corrected chi connectivity index (χ0v) is 22.8. The van der Waals surface area contributed by atoms with Crippen molar-refractivity contribution in [3.05, 3.63) is 109 Å². The van der Waals surface area contributed by atoms with Crippen LogP contribution in [0.2, 0.25) is 0 Å². The van der Waals surface area contributed by atoms with E-state index in [4.69, 9.17) is 28.7 Å². The van der Waals surface area contributed by atoms with Crippen molar-refractivity contribution >= 4 is 29.1 Å². The SMILES string of the molecule is CCOC(=O)C1=C(c2ccccc2)N=c2s/c(=C\c3ccc4c(c3)OCCO4)c(=O)n2[C@@H]1c1ccc2c(c1)OCO2. The molecule has 7 rings (SSSR count). The molecular weight excluding hydrogens is 544 g/mol. The van der Waals surface area contributed by atoms with Crippen LogP contribution in [0.5, 0.6) is 23.0 Å². The normalized spacial score (nSPS) is 17.2. The summed E-state index contributed by atoms with van der Waals surface area (Å²) in [6.45, 7) is 2.99. The van der Waals surface area contributed by atoms with E-state index in [1.165, 1.54) is 11.3 Å². The van der Waals surface area contributed by atoms with E-state index in [1.54, 1.807) is 29.7 Å². The maximum Gasteiger partial charge on any atom is 0.338 e. The van der Waals surface area contributed by atoms with Crippen LogP contribution in [0.25, 0.3) is 11.8 Å². The number of benzene rings is 3. The first-order chi connectivity index (χ1) is 20.1. The van der Waals surface area contributed by atoms with Crippen molar-refractivity contribution in [1.82, 2.24) is 4.57 Å². The van der Waals surface area contributed by atoms with Gasteiger partial charge in [0.05, 0.1) is 28.5 Å². The van der Waals surface area contributed by atoms with Gasteiger partial charge in [0.1, 0.15) is 13.2 Å². The molecule has 0 saturated carbocycles. The van der Waals surface area contributed by atoms with Gasteiger partial charge in [-0.25, -0.2) is 9.79 Å². The average molecular weight is 569 g/mol. The molecule has 206 valence electrons. The smallest absolute Gasteiger partial charge is 0.338 e. The van der Waals surface area contributed by atoms with Crippen molar-refractivity contribution < 1.29 is 28.5 Å². The lowest BCUT2D eigenvalue weighted by molar-refractivity contribution is -0.138. The van der Waals surface area contributed by atoms with Crippen molar-refractivity contribution in [2.45, 2.75) is 13.0 Å². The third-order valence-corrected chi connectivity index (χ3v) is 7.93. The third-order valence-electron chi connectivity index (χ3n) is 6.95. The van der Waals surface area contributed by atoms with Gasteiger partial charge < -0.3 is 23.7 Å². The molecule has 0 saturated heterocycles. The molecule has 0 N–H and O–H groups in total. The van der Waals surface area contributed by atoms with E-state index in [2.05, 4.69) is 0 Å². The molecular formula is C31H24N2O7S. The second-order valence-corrected chi connectivity index (χ2v) is 10.5. The van der Waals surface area contributed by atoms with Crippen LogP contribution >= 0.6 is 11.3 Å². The van der Waals surface area contributed by atoms with E-state index in [-0.39, 0.29) is 24.5 Å².